The van der Waals surface area contributed by atoms with Crippen LogP contribution in [-0.4, -0.2) is 79.1 Å². The molecule has 14 heteroatoms. The maximum atomic E-state index is 12.7. The monoisotopic (exact) mass is 507 g/mol. The SMILES string of the molecule is C/C=C\CCCCCCCCO[C@H]1O[C@H](COS(=O)(=O)O)[C@@H](O)[C@H](O)[C@H]1NC(=O)C(F)(F)F. The van der Waals surface area contributed by atoms with Gasteiger partial charge in [0.05, 0.1) is 6.61 Å². The van der Waals surface area contributed by atoms with E-state index >= 15 is 0 Å². The van der Waals surface area contributed by atoms with Crippen LogP contribution < -0.4 is 5.32 Å². The zero-order valence-corrected chi connectivity index (χ0v) is 19.1. The number of allylic oxidation sites excluding steroid dienone is 2. The van der Waals surface area contributed by atoms with Crippen molar-refractivity contribution in [1.82, 2.24) is 5.32 Å². The molecule has 1 rings (SSSR count). The number of halogens is 3. The maximum Gasteiger partial charge on any atom is 0.471 e. The summed E-state index contributed by atoms with van der Waals surface area (Å²) >= 11 is 0. The molecule has 0 aromatic carbocycles. The van der Waals surface area contributed by atoms with Crippen LogP contribution in [0.4, 0.5) is 13.2 Å². The molecule has 1 aliphatic heterocycles. The third-order valence-electron chi connectivity index (χ3n) is 4.92. The fourth-order valence-corrected chi connectivity index (χ4v) is 3.49. The Morgan fingerprint density at radius 2 is 1.70 bits per heavy atom. The topological polar surface area (TPSA) is 152 Å². The number of hydrogen-bond acceptors (Lipinski definition) is 8. The van der Waals surface area contributed by atoms with E-state index in [1.807, 2.05) is 13.0 Å². The molecule has 1 amide bonds. The third-order valence-corrected chi connectivity index (χ3v) is 5.35. The summed E-state index contributed by atoms with van der Waals surface area (Å²) in [6, 6.07) is -1.79. The highest BCUT2D eigenvalue weighted by molar-refractivity contribution is 7.80. The highest BCUT2D eigenvalue weighted by Crippen LogP contribution is 2.25. The number of aliphatic hydroxyl groups excluding tert-OH is 2. The van der Waals surface area contributed by atoms with Gasteiger partial charge >= 0.3 is 22.5 Å². The number of ether oxygens (including phenoxy) is 2. The van der Waals surface area contributed by atoms with E-state index in [-0.39, 0.29) is 6.61 Å². The van der Waals surface area contributed by atoms with Crippen LogP contribution in [0.1, 0.15) is 51.9 Å². The smallest absolute Gasteiger partial charge is 0.388 e. The van der Waals surface area contributed by atoms with E-state index in [2.05, 4.69) is 10.3 Å². The fourth-order valence-electron chi connectivity index (χ4n) is 3.19. The van der Waals surface area contributed by atoms with Crippen molar-refractivity contribution in [1.29, 1.82) is 0 Å². The summed E-state index contributed by atoms with van der Waals surface area (Å²) in [5.74, 6) is -2.37. The molecule has 33 heavy (non-hydrogen) atoms. The van der Waals surface area contributed by atoms with Crippen LogP contribution >= 0.6 is 0 Å². The van der Waals surface area contributed by atoms with Crippen LogP contribution in [0.15, 0.2) is 12.2 Å². The highest BCUT2D eigenvalue weighted by Gasteiger charge is 2.49. The Morgan fingerprint density at radius 1 is 1.09 bits per heavy atom. The van der Waals surface area contributed by atoms with Gasteiger partial charge in [0, 0.05) is 6.61 Å². The lowest BCUT2D eigenvalue weighted by Gasteiger charge is -2.42. The second-order valence-corrected chi connectivity index (χ2v) is 8.67. The Kier molecular flexibility index (Phi) is 12.8. The van der Waals surface area contributed by atoms with Crippen molar-refractivity contribution < 1.29 is 54.8 Å². The van der Waals surface area contributed by atoms with Gasteiger partial charge in [0.2, 0.25) is 0 Å². The fraction of sp³-hybridized carbons (Fsp3) is 0.842. The van der Waals surface area contributed by atoms with E-state index in [1.165, 1.54) is 5.32 Å². The molecule has 0 bridgehead atoms. The van der Waals surface area contributed by atoms with Crippen LogP contribution in [0.5, 0.6) is 0 Å². The summed E-state index contributed by atoms with van der Waals surface area (Å²) in [6.45, 7) is 1.03. The molecule has 10 nitrogen and oxygen atoms in total. The summed E-state index contributed by atoms with van der Waals surface area (Å²) in [5.41, 5.74) is 0. The van der Waals surface area contributed by atoms with Crippen molar-refractivity contribution >= 4 is 16.3 Å². The van der Waals surface area contributed by atoms with Crippen molar-refractivity contribution in [3.8, 4) is 0 Å². The highest BCUT2D eigenvalue weighted by atomic mass is 32.3. The summed E-state index contributed by atoms with van der Waals surface area (Å²) in [5, 5.41) is 21.8. The van der Waals surface area contributed by atoms with E-state index in [0.717, 1.165) is 38.5 Å². The molecule has 0 radical (unpaired) electrons. The predicted octanol–water partition coefficient (Wildman–Crippen LogP) is 1.62. The molecule has 0 saturated carbocycles. The Labute approximate surface area is 191 Å². The molecular weight excluding hydrogens is 475 g/mol. The lowest BCUT2D eigenvalue weighted by Crippen LogP contribution is -2.66. The first-order chi connectivity index (χ1) is 15.4. The minimum atomic E-state index is -5.26. The van der Waals surface area contributed by atoms with Crippen LogP contribution in [-0.2, 0) is 28.9 Å². The molecule has 0 aliphatic carbocycles. The molecule has 0 spiro atoms. The van der Waals surface area contributed by atoms with E-state index in [9.17, 15) is 36.6 Å². The van der Waals surface area contributed by atoms with E-state index in [4.69, 9.17) is 14.0 Å². The number of carbonyl (C=O) groups is 1. The maximum absolute atomic E-state index is 12.7. The predicted molar refractivity (Wildman–Crippen MR) is 109 cm³/mol. The number of amides is 1. The average molecular weight is 508 g/mol. The standard InChI is InChI=1S/C19H32F3NO9S/c1-2-3-4-5-6-7-8-9-10-11-30-17-14(23-18(26)19(20,21)22)16(25)15(24)13(32-17)12-31-33(27,28)29/h2-3,13-17,24-25H,4-12H2,1H3,(H,23,26)(H,27,28,29)/b3-2-/t13-,14-,15-,16-,17+/m1/s1. The molecule has 0 aromatic rings. The molecular formula is C19H32F3NO9S. The van der Waals surface area contributed by atoms with Gasteiger partial charge in [-0.1, -0.05) is 37.8 Å². The lowest BCUT2D eigenvalue weighted by atomic mass is 9.97. The second-order valence-electron chi connectivity index (χ2n) is 7.58. The van der Waals surface area contributed by atoms with Gasteiger partial charge in [-0.05, 0) is 26.2 Å². The van der Waals surface area contributed by atoms with E-state index < -0.39 is 59.7 Å². The van der Waals surface area contributed by atoms with Gasteiger partial charge in [-0.2, -0.15) is 21.6 Å². The summed E-state index contributed by atoms with van der Waals surface area (Å²) in [6.07, 6.45) is -1.98. The first-order valence-corrected chi connectivity index (χ1v) is 12.0. The van der Waals surface area contributed by atoms with Crippen molar-refractivity contribution in [3.63, 3.8) is 0 Å². The molecule has 5 atom stereocenters. The van der Waals surface area contributed by atoms with E-state index in [0.29, 0.717) is 6.42 Å². The van der Waals surface area contributed by atoms with Crippen LogP contribution in [0, 0.1) is 0 Å². The zero-order valence-electron chi connectivity index (χ0n) is 18.2. The van der Waals surface area contributed by atoms with Gasteiger partial charge in [0.1, 0.15) is 24.4 Å². The molecule has 1 saturated heterocycles. The molecule has 194 valence electrons. The van der Waals surface area contributed by atoms with Crippen molar-refractivity contribution in [2.45, 2.75) is 88.7 Å². The summed E-state index contributed by atoms with van der Waals surface area (Å²) in [4.78, 5) is 11.3. The first-order valence-electron chi connectivity index (χ1n) is 10.6. The first kappa shape index (κ1) is 29.7. The minimum Gasteiger partial charge on any atom is -0.388 e. The summed E-state index contributed by atoms with van der Waals surface area (Å²) < 4.78 is 82.9. The quantitative estimate of drug-likeness (QED) is 0.156. The molecule has 0 unspecified atom stereocenters. The molecule has 4 N–H and O–H groups in total. The van der Waals surface area contributed by atoms with Crippen LogP contribution in [0.2, 0.25) is 0 Å². The van der Waals surface area contributed by atoms with Gasteiger partial charge in [0.15, 0.2) is 6.29 Å². The number of aliphatic hydroxyl groups is 2. The van der Waals surface area contributed by atoms with Gasteiger partial charge in [-0.15, -0.1) is 0 Å². The van der Waals surface area contributed by atoms with Crippen molar-refractivity contribution in [3.05, 3.63) is 12.2 Å². The summed E-state index contributed by atoms with van der Waals surface area (Å²) in [7, 11) is -4.91. The van der Waals surface area contributed by atoms with Crippen molar-refractivity contribution in [2.24, 2.45) is 0 Å². The van der Waals surface area contributed by atoms with Crippen molar-refractivity contribution in [2.75, 3.05) is 13.2 Å². The largest absolute Gasteiger partial charge is 0.471 e. The lowest BCUT2D eigenvalue weighted by molar-refractivity contribution is -0.270. The van der Waals surface area contributed by atoms with Crippen LogP contribution in [0.25, 0.3) is 0 Å². The Balaban J connectivity index is 2.64. The molecule has 1 heterocycles. The average Bonchev–Trinajstić information content (AvgIpc) is 2.71. The molecule has 1 aliphatic rings. The number of alkyl halides is 3. The third kappa shape index (κ3) is 11.6. The van der Waals surface area contributed by atoms with Gasteiger partial charge in [0.25, 0.3) is 0 Å². The van der Waals surface area contributed by atoms with E-state index in [1.54, 1.807) is 0 Å². The number of nitrogens with one attached hydrogen (secondary N) is 1. The molecule has 0 aromatic heterocycles. The zero-order chi connectivity index (χ0) is 25.1. The van der Waals surface area contributed by atoms with Gasteiger partial charge in [-0.25, -0.2) is 4.18 Å². The number of hydrogen-bond donors (Lipinski definition) is 4. The Bertz CT molecular complexity index is 718. The van der Waals surface area contributed by atoms with Gasteiger partial charge < -0.3 is 25.0 Å². The number of rotatable bonds is 14. The number of carbonyl (C=O) groups excluding carboxylic acids is 1. The second kappa shape index (κ2) is 14.2. The van der Waals surface area contributed by atoms with Gasteiger partial charge in [-0.3, -0.25) is 9.35 Å². The van der Waals surface area contributed by atoms with Crippen LogP contribution in [0.3, 0.4) is 0 Å². The number of unbranched alkanes of at least 4 members (excludes halogenated alkanes) is 6. The Morgan fingerprint density at radius 3 is 2.27 bits per heavy atom. The minimum absolute atomic E-state index is 0.0102. The Hall–Kier alpha value is -1.29. The molecule has 1 fully saturated rings. The normalized spacial score (nSPS) is 26.6.